The number of fused-ring (bicyclic) bond motifs is 1. The first-order chi connectivity index (χ1) is 8.34. The lowest BCUT2D eigenvalue weighted by molar-refractivity contribution is 0.0515. The van der Waals surface area contributed by atoms with Gasteiger partial charge in [-0.2, -0.15) is 15.4 Å². The van der Waals surface area contributed by atoms with Gasteiger partial charge in [0.15, 0.2) is 5.69 Å². The molecule has 2 heterocycles. The van der Waals surface area contributed by atoms with Crippen LogP contribution in [0.4, 0.5) is 0 Å². The van der Waals surface area contributed by atoms with Crippen LogP contribution in [0.25, 0.3) is 0 Å². The quantitative estimate of drug-likeness (QED) is 0.800. The molecule has 1 N–H and O–H groups in total. The Morgan fingerprint density at radius 1 is 1.29 bits per heavy atom. The molecule has 0 spiro atoms. The highest BCUT2D eigenvalue weighted by Crippen LogP contribution is 2.36. The number of carbonyl (C=O) groups excluding carboxylic acids is 1. The van der Waals surface area contributed by atoms with Crippen LogP contribution in [0.15, 0.2) is 6.20 Å². The van der Waals surface area contributed by atoms with Crippen LogP contribution in [0.1, 0.15) is 42.6 Å². The summed E-state index contributed by atoms with van der Waals surface area (Å²) in [7, 11) is 0. The van der Waals surface area contributed by atoms with Crippen molar-refractivity contribution in [1.82, 2.24) is 20.3 Å². The van der Waals surface area contributed by atoms with E-state index in [0.717, 1.165) is 25.4 Å². The Morgan fingerprint density at radius 2 is 2.12 bits per heavy atom. The van der Waals surface area contributed by atoms with E-state index in [-0.39, 0.29) is 5.91 Å². The predicted octanol–water partition coefficient (Wildman–Crippen LogP) is 1.46. The van der Waals surface area contributed by atoms with Crippen molar-refractivity contribution in [2.24, 2.45) is 11.8 Å². The van der Waals surface area contributed by atoms with Crippen molar-refractivity contribution in [2.75, 3.05) is 13.1 Å². The number of piperidine rings is 1. The summed E-state index contributed by atoms with van der Waals surface area (Å²) in [5.74, 6) is 1.60. The SMILES string of the molecule is O=C(c1cn[nH]n1)N1CC[C@H]2CCCC[C@H]2C1. The summed E-state index contributed by atoms with van der Waals surface area (Å²) in [5.41, 5.74) is 0.444. The molecule has 1 amide bonds. The molecule has 0 radical (unpaired) electrons. The van der Waals surface area contributed by atoms with Crippen LogP contribution in [0.3, 0.4) is 0 Å². The minimum Gasteiger partial charge on any atom is -0.337 e. The van der Waals surface area contributed by atoms with Gasteiger partial charge in [-0.15, -0.1) is 0 Å². The molecule has 1 aliphatic carbocycles. The third-order valence-electron chi connectivity index (χ3n) is 4.21. The summed E-state index contributed by atoms with van der Waals surface area (Å²) < 4.78 is 0. The molecule has 1 saturated heterocycles. The van der Waals surface area contributed by atoms with E-state index in [2.05, 4.69) is 15.4 Å². The average Bonchev–Trinajstić information content (AvgIpc) is 2.91. The summed E-state index contributed by atoms with van der Waals surface area (Å²) in [4.78, 5) is 14.1. The molecular weight excluding hydrogens is 216 g/mol. The highest BCUT2D eigenvalue weighted by atomic mass is 16.2. The molecule has 2 aliphatic rings. The van der Waals surface area contributed by atoms with Gasteiger partial charge in [0.1, 0.15) is 0 Å². The largest absolute Gasteiger partial charge is 0.337 e. The minimum absolute atomic E-state index is 0.0303. The number of carbonyl (C=O) groups is 1. The van der Waals surface area contributed by atoms with Crippen molar-refractivity contribution in [3.05, 3.63) is 11.9 Å². The van der Waals surface area contributed by atoms with Gasteiger partial charge in [-0.05, 0) is 24.7 Å². The second kappa shape index (κ2) is 4.47. The molecule has 0 aromatic carbocycles. The van der Waals surface area contributed by atoms with E-state index >= 15 is 0 Å². The second-order valence-corrected chi connectivity index (χ2v) is 5.20. The Kier molecular flexibility index (Phi) is 2.82. The average molecular weight is 234 g/mol. The molecule has 2 atom stereocenters. The van der Waals surface area contributed by atoms with Gasteiger partial charge in [0.05, 0.1) is 6.20 Å². The van der Waals surface area contributed by atoms with E-state index in [1.54, 1.807) is 0 Å². The fraction of sp³-hybridized carbons (Fsp3) is 0.750. The number of H-pyrrole nitrogens is 1. The van der Waals surface area contributed by atoms with Gasteiger partial charge in [0.25, 0.3) is 5.91 Å². The summed E-state index contributed by atoms with van der Waals surface area (Å²) in [6.45, 7) is 1.79. The molecule has 0 unspecified atom stereocenters. The van der Waals surface area contributed by atoms with Gasteiger partial charge >= 0.3 is 0 Å². The van der Waals surface area contributed by atoms with E-state index in [1.807, 2.05) is 4.90 Å². The minimum atomic E-state index is 0.0303. The van der Waals surface area contributed by atoms with Crippen molar-refractivity contribution in [2.45, 2.75) is 32.1 Å². The van der Waals surface area contributed by atoms with Crippen LogP contribution >= 0.6 is 0 Å². The highest BCUT2D eigenvalue weighted by Gasteiger charge is 2.33. The molecular formula is C12H18N4O. The zero-order valence-electron chi connectivity index (χ0n) is 9.93. The maximum atomic E-state index is 12.1. The van der Waals surface area contributed by atoms with E-state index < -0.39 is 0 Å². The van der Waals surface area contributed by atoms with Gasteiger partial charge in [0, 0.05) is 13.1 Å². The third kappa shape index (κ3) is 2.06. The number of rotatable bonds is 1. The van der Waals surface area contributed by atoms with E-state index in [9.17, 15) is 4.79 Å². The molecule has 3 rings (SSSR count). The van der Waals surface area contributed by atoms with Gasteiger partial charge in [-0.3, -0.25) is 4.79 Å². The summed E-state index contributed by atoms with van der Waals surface area (Å²) in [6, 6.07) is 0. The predicted molar refractivity (Wildman–Crippen MR) is 62.4 cm³/mol. The highest BCUT2D eigenvalue weighted by molar-refractivity contribution is 5.91. The molecule has 1 aromatic rings. The number of nitrogens with zero attached hydrogens (tertiary/aromatic N) is 3. The van der Waals surface area contributed by atoms with Crippen molar-refractivity contribution < 1.29 is 4.79 Å². The second-order valence-electron chi connectivity index (χ2n) is 5.20. The lowest BCUT2D eigenvalue weighted by Gasteiger charge is -2.41. The zero-order chi connectivity index (χ0) is 11.7. The Labute approximate surface area is 101 Å². The van der Waals surface area contributed by atoms with E-state index in [1.165, 1.54) is 31.9 Å². The van der Waals surface area contributed by atoms with Crippen molar-refractivity contribution in [1.29, 1.82) is 0 Å². The molecule has 0 bridgehead atoms. The van der Waals surface area contributed by atoms with Crippen molar-refractivity contribution in [3.8, 4) is 0 Å². The maximum absolute atomic E-state index is 12.1. The Bertz CT molecular complexity index is 389. The Hall–Kier alpha value is -1.39. The molecule has 1 aromatic heterocycles. The normalized spacial score (nSPS) is 28.8. The lowest BCUT2D eigenvalue weighted by Crippen LogP contribution is -2.44. The molecule has 92 valence electrons. The van der Waals surface area contributed by atoms with Crippen LogP contribution in [-0.2, 0) is 0 Å². The van der Waals surface area contributed by atoms with E-state index in [0.29, 0.717) is 11.6 Å². The first-order valence-electron chi connectivity index (χ1n) is 6.49. The number of amides is 1. The van der Waals surface area contributed by atoms with Crippen molar-refractivity contribution in [3.63, 3.8) is 0 Å². The molecule has 1 saturated carbocycles. The molecule has 1 aliphatic heterocycles. The summed E-state index contributed by atoms with van der Waals surface area (Å²) in [5, 5.41) is 10.1. The van der Waals surface area contributed by atoms with Gasteiger partial charge < -0.3 is 4.90 Å². The summed E-state index contributed by atoms with van der Waals surface area (Å²) in [6.07, 6.45) is 8.01. The zero-order valence-corrected chi connectivity index (χ0v) is 9.93. The fourth-order valence-corrected chi connectivity index (χ4v) is 3.25. The van der Waals surface area contributed by atoms with Crippen LogP contribution in [-0.4, -0.2) is 39.3 Å². The monoisotopic (exact) mass is 234 g/mol. The van der Waals surface area contributed by atoms with Crippen LogP contribution in [0.2, 0.25) is 0 Å². The number of aromatic nitrogens is 3. The number of likely N-dealkylation sites (tertiary alicyclic amines) is 1. The van der Waals surface area contributed by atoms with Gasteiger partial charge in [0.2, 0.25) is 0 Å². The Morgan fingerprint density at radius 3 is 2.88 bits per heavy atom. The first kappa shape index (κ1) is 10.7. The lowest BCUT2D eigenvalue weighted by atomic mass is 9.75. The molecule has 17 heavy (non-hydrogen) atoms. The third-order valence-corrected chi connectivity index (χ3v) is 4.21. The van der Waals surface area contributed by atoms with Gasteiger partial charge in [-0.1, -0.05) is 19.3 Å². The number of hydrogen-bond acceptors (Lipinski definition) is 3. The molecule has 5 nitrogen and oxygen atoms in total. The van der Waals surface area contributed by atoms with Crippen LogP contribution < -0.4 is 0 Å². The van der Waals surface area contributed by atoms with E-state index in [4.69, 9.17) is 0 Å². The van der Waals surface area contributed by atoms with Crippen LogP contribution in [0, 0.1) is 11.8 Å². The topological polar surface area (TPSA) is 61.9 Å². The first-order valence-corrected chi connectivity index (χ1v) is 6.49. The fourth-order valence-electron chi connectivity index (χ4n) is 3.25. The number of aromatic amines is 1. The maximum Gasteiger partial charge on any atom is 0.276 e. The Balaban J connectivity index is 1.67. The van der Waals surface area contributed by atoms with Crippen molar-refractivity contribution >= 4 is 5.91 Å². The number of hydrogen-bond donors (Lipinski definition) is 1. The smallest absolute Gasteiger partial charge is 0.276 e. The standard InChI is InChI=1S/C12H18N4O/c17-12(11-7-13-15-14-11)16-6-5-9-3-1-2-4-10(9)8-16/h7,9-10H,1-6,8H2,(H,13,14,15)/t9-,10+/m1/s1. The van der Waals surface area contributed by atoms with Gasteiger partial charge in [-0.25, -0.2) is 0 Å². The summed E-state index contributed by atoms with van der Waals surface area (Å²) >= 11 is 0. The van der Waals surface area contributed by atoms with Crippen LogP contribution in [0.5, 0.6) is 0 Å². The molecule has 5 heteroatoms. The number of nitrogens with one attached hydrogen (secondary N) is 1. The molecule has 2 fully saturated rings.